The Kier molecular flexibility index (Phi) is 5.02. The van der Waals surface area contributed by atoms with E-state index < -0.39 is 0 Å². The molecule has 1 aliphatic carbocycles. The van der Waals surface area contributed by atoms with Gasteiger partial charge in [-0.2, -0.15) is 0 Å². The Bertz CT molecular complexity index is 378. The molecule has 1 saturated carbocycles. The lowest BCUT2D eigenvalue weighted by Crippen LogP contribution is -2.42. The van der Waals surface area contributed by atoms with Crippen LogP contribution in [-0.2, 0) is 0 Å². The van der Waals surface area contributed by atoms with Crippen LogP contribution in [0.15, 0.2) is 12.3 Å². The second kappa shape index (κ2) is 6.07. The van der Waals surface area contributed by atoms with E-state index in [9.17, 15) is 4.79 Å². The molecule has 2 unspecified atom stereocenters. The number of nitrogens with one attached hydrogen (secondary N) is 2. The highest BCUT2D eigenvalue weighted by Gasteiger charge is 2.21. The molecule has 1 heterocycles. The van der Waals surface area contributed by atoms with Crippen LogP contribution in [0.2, 0.25) is 0 Å². The van der Waals surface area contributed by atoms with Crippen molar-refractivity contribution in [2.45, 2.75) is 44.7 Å². The maximum atomic E-state index is 11.9. The van der Waals surface area contributed by atoms with Gasteiger partial charge in [-0.05, 0) is 38.7 Å². The largest absolute Gasteiger partial charge is 0.365 e. The van der Waals surface area contributed by atoms with E-state index in [0.717, 1.165) is 36.9 Å². The molecule has 1 amide bonds. The normalized spacial score (nSPS) is 23.9. The first-order chi connectivity index (χ1) is 7.66. The summed E-state index contributed by atoms with van der Waals surface area (Å²) in [5, 5.41) is 3.05. The minimum absolute atomic E-state index is 0. The lowest BCUT2D eigenvalue weighted by Gasteiger charge is -2.27. The predicted octanol–water partition coefficient (Wildman–Crippen LogP) is 1.74. The Morgan fingerprint density at radius 3 is 2.88 bits per heavy atom. The van der Waals surface area contributed by atoms with Crippen molar-refractivity contribution < 1.29 is 4.79 Å². The molecule has 5 heteroatoms. The van der Waals surface area contributed by atoms with Crippen molar-refractivity contribution in [1.29, 1.82) is 0 Å². The van der Waals surface area contributed by atoms with Crippen molar-refractivity contribution >= 4 is 18.3 Å². The number of amides is 1. The van der Waals surface area contributed by atoms with Gasteiger partial charge in [-0.3, -0.25) is 4.79 Å². The van der Waals surface area contributed by atoms with Gasteiger partial charge in [0.15, 0.2) is 0 Å². The minimum Gasteiger partial charge on any atom is -0.365 e. The molecule has 1 aromatic heterocycles. The zero-order valence-electron chi connectivity index (χ0n) is 10.0. The number of hydrogen-bond donors (Lipinski definition) is 3. The molecule has 4 nitrogen and oxygen atoms in total. The number of aromatic amines is 1. The van der Waals surface area contributed by atoms with Gasteiger partial charge in [0.05, 0.1) is 5.56 Å². The summed E-state index contributed by atoms with van der Waals surface area (Å²) < 4.78 is 0. The summed E-state index contributed by atoms with van der Waals surface area (Å²) in [5.74, 6) is 0.0119. The number of aryl methyl sites for hydroxylation is 1. The van der Waals surface area contributed by atoms with Gasteiger partial charge in [-0.1, -0.05) is 0 Å². The van der Waals surface area contributed by atoms with Crippen LogP contribution in [-0.4, -0.2) is 23.0 Å². The summed E-state index contributed by atoms with van der Waals surface area (Å²) in [6.07, 6.45) is 5.92. The van der Waals surface area contributed by atoms with Crippen molar-refractivity contribution in [1.82, 2.24) is 10.3 Å². The number of halogens is 1. The highest BCUT2D eigenvalue weighted by atomic mass is 35.5. The average Bonchev–Trinajstić information content (AvgIpc) is 2.64. The minimum atomic E-state index is 0. The molecule has 1 aromatic rings. The molecule has 0 saturated heterocycles. The Hall–Kier alpha value is -1.00. The lowest BCUT2D eigenvalue weighted by molar-refractivity contribution is 0.0925. The van der Waals surface area contributed by atoms with Crippen molar-refractivity contribution in [3.05, 3.63) is 23.5 Å². The molecule has 1 aliphatic rings. The summed E-state index contributed by atoms with van der Waals surface area (Å²) >= 11 is 0. The molecule has 0 radical (unpaired) electrons. The highest BCUT2D eigenvalue weighted by Crippen LogP contribution is 2.17. The van der Waals surface area contributed by atoms with Gasteiger partial charge in [0.25, 0.3) is 5.91 Å². The zero-order valence-corrected chi connectivity index (χ0v) is 10.8. The molecule has 2 atom stereocenters. The molecule has 0 bridgehead atoms. The van der Waals surface area contributed by atoms with E-state index in [1.165, 1.54) is 0 Å². The van der Waals surface area contributed by atoms with E-state index in [-0.39, 0.29) is 30.4 Å². The fourth-order valence-electron chi connectivity index (χ4n) is 2.32. The van der Waals surface area contributed by atoms with Crippen LogP contribution in [0.5, 0.6) is 0 Å². The maximum absolute atomic E-state index is 11.9. The van der Waals surface area contributed by atoms with Crippen LogP contribution in [0.1, 0.15) is 41.7 Å². The standard InChI is InChI=1S/C12H19N3O.ClH/c1-8-11(5-6-14-8)12(16)15-10-4-2-3-9(13)7-10;/h5-6,9-10,14H,2-4,7,13H2,1H3,(H,15,16);1H. The highest BCUT2D eigenvalue weighted by molar-refractivity contribution is 5.95. The lowest BCUT2D eigenvalue weighted by atomic mass is 9.91. The Morgan fingerprint density at radius 2 is 2.29 bits per heavy atom. The van der Waals surface area contributed by atoms with Crippen LogP contribution in [0.25, 0.3) is 0 Å². The molecule has 4 N–H and O–H groups in total. The van der Waals surface area contributed by atoms with Crippen molar-refractivity contribution in [3.63, 3.8) is 0 Å². The SMILES string of the molecule is Cc1[nH]ccc1C(=O)NC1CCCC(N)C1.Cl. The van der Waals surface area contributed by atoms with Gasteiger partial charge in [0.1, 0.15) is 0 Å². The Labute approximate surface area is 108 Å². The fraction of sp³-hybridized carbons (Fsp3) is 0.583. The van der Waals surface area contributed by atoms with Crippen LogP contribution in [0, 0.1) is 6.92 Å². The first kappa shape index (κ1) is 14.1. The smallest absolute Gasteiger partial charge is 0.253 e. The van der Waals surface area contributed by atoms with Gasteiger partial charge in [-0.25, -0.2) is 0 Å². The molecule has 2 rings (SSSR count). The predicted molar refractivity (Wildman–Crippen MR) is 70.5 cm³/mol. The zero-order chi connectivity index (χ0) is 11.5. The summed E-state index contributed by atoms with van der Waals surface area (Å²) in [4.78, 5) is 14.9. The van der Waals surface area contributed by atoms with Gasteiger partial charge in [-0.15, -0.1) is 12.4 Å². The molecular formula is C12H20ClN3O. The summed E-state index contributed by atoms with van der Waals surface area (Å²) in [7, 11) is 0. The first-order valence-corrected chi connectivity index (χ1v) is 5.87. The van der Waals surface area contributed by atoms with Crippen LogP contribution in [0.4, 0.5) is 0 Å². The van der Waals surface area contributed by atoms with Crippen LogP contribution < -0.4 is 11.1 Å². The second-order valence-corrected chi connectivity index (χ2v) is 4.61. The van der Waals surface area contributed by atoms with Crippen molar-refractivity contribution in [3.8, 4) is 0 Å². The van der Waals surface area contributed by atoms with Crippen LogP contribution in [0.3, 0.4) is 0 Å². The van der Waals surface area contributed by atoms with Gasteiger partial charge in [0, 0.05) is 24.0 Å². The summed E-state index contributed by atoms with van der Waals surface area (Å²) in [6.45, 7) is 1.90. The molecule has 0 spiro atoms. The Balaban J connectivity index is 0.00000144. The third-order valence-corrected chi connectivity index (χ3v) is 3.25. The number of nitrogens with two attached hydrogens (primary N) is 1. The molecule has 1 fully saturated rings. The van der Waals surface area contributed by atoms with E-state index in [1.807, 2.05) is 13.0 Å². The number of carbonyl (C=O) groups excluding carboxylic acids is 1. The quantitative estimate of drug-likeness (QED) is 0.755. The van der Waals surface area contributed by atoms with E-state index in [1.54, 1.807) is 6.20 Å². The molecule has 17 heavy (non-hydrogen) atoms. The van der Waals surface area contributed by atoms with E-state index in [0.29, 0.717) is 0 Å². The van der Waals surface area contributed by atoms with E-state index >= 15 is 0 Å². The van der Waals surface area contributed by atoms with E-state index in [2.05, 4.69) is 10.3 Å². The number of H-pyrrole nitrogens is 1. The van der Waals surface area contributed by atoms with Gasteiger partial charge < -0.3 is 16.0 Å². The molecular weight excluding hydrogens is 238 g/mol. The summed E-state index contributed by atoms with van der Waals surface area (Å²) in [5.41, 5.74) is 7.54. The topological polar surface area (TPSA) is 70.9 Å². The number of rotatable bonds is 2. The third kappa shape index (κ3) is 3.48. The van der Waals surface area contributed by atoms with Crippen LogP contribution >= 0.6 is 12.4 Å². The monoisotopic (exact) mass is 257 g/mol. The number of carbonyl (C=O) groups is 1. The summed E-state index contributed by atoms with van der Waals surface area (Å²) in [6, 6.07) is 2.30. The third-order valence-electron chi connectivity index (χ3n) is 3.25. The Morgan fingerprint density at radius 1 is 1.53 bits per heavy atom. The molecule has 0 aromatic carbocycles. The second-order valence-electron chi connectivity index (χ2n) is 4.61. The van der Waals surface area contributed by atoms with Gasteiger partial charge >= 0.3 is 0 Å². The first-order valence-electron chi connectivity index (χ1n) is 5.87. The average molecular weight is 258 g/mol. The van der Waals surface area contributed by atoms with Crippen molar-refractivity contribution in [2.75, 3.05) is 0 Å². The maximum Gasteiger partial charge on any atom is 0.253 e. The number of aromatic nitrogens is 1. The number of hydrogen-bond acceptors (Lipinski definition) is 2. The molecule has 0 aliphatic heterocycles. The fourth-order valence-corrected chi connectivity index (χ4v) is 2.32. The van der Waals surface area contributed by atoms with Gasteiger partial charge in [0.2, 0.25) is 0 Å². The van der Waals surface area contributed by atoms with E-state index in [4.69, 9.17) is 5.73 Å². The molecule has 96 valence electrons. The van der Waals surface area contributed by atoms with Crippen molar-refractivity contribution in [2.24, 2.45) is 5.73 Å².